The second kappa shape index (κ2) is 13.7. The summed E-state index contributed by atoms with van der Waals surface area (Å²) in [6, 6.07) is 11.0. The third-order valence-corrected chi connectivity index (χ3v) is 7.13. The molecule has 0 fully saturated rings. The molecule has 1 atom stereocenters. The Bertz CT molecular complexity index is 1640. The summed E-state index contributed by atoms with van der Waals surface area (Å²) in [5, 5.41) is 3.63. The van der Waals surface area contributed by atoms with Crippen molar-refractivity contribution in [3.63, 3.8) is 0 Å². The fraction of sp³-hybridized carbons (Fsp3) is 0.276. The molecule has 0 saturated heterocycles. The zero-order valence-corrected chi connectivity index (χ0v) is 25.0. The second-order valence-electron chi connectivity index (χ2n) is 9.44. The molecule has 42 heavy (non-hydrogen) atoms. The molecule has 3 heterocycles. The number of nitrogens with one attached hydrogen (secondary N) is 1. The summed E-state index contributed by atoms with van der Waals surface area (Å²) >= 11 is 0. The number of carbonyl (C=O) groups is 1. The number of nitrogens with zero attached hydrogens (tertiary/aromatic N) is 4. The van der Waals surface area contributed by atoms with Crippen molar-refractivity contribution in [2.24, 2.45) is 0 Å². The number of benzene rings is 1. The number of amides is 1. The van der Waals surface area contributed by atoms with Gasteiger partial charge in [-0.1, -0.05) is 6.08 Å². The van der Waals surface area contributed by atoms with Crippen LogP contribution in [0.1, 0.15) is 6.92 Å². The molecule has 0 aliphatic rings. The molecule has 13 heteroatoms. The Labute approximate surface area is 244 Å². The average Bonchev–Trinajstić information content (AvgIpc) is 3.33. The van der Waals surface area contributed by atoms with E-state index >= 15 is 0 Å². The number of hydrogen-bond donors (Lipinski definition) is 2. The molecule has 0 spiro atoms. The monoisotopic (exact) mass is 595 g/mol. The van der Waals surface area contributed by atoms with E-state index in [1.807, 2.05) is 43.3 Å². The number of methoxy groups -OCH3 is 2. The van der Waals surface area contributed by atoms with Gasteiger partial charge in [-0.15, -0.1) is 0 Å². The molecule has 0 aliphatic carbocycles. The van der Waals surface area contributed by atoms with Gasteiger partial charge in [0.1, 0.15) is 18.1 Å². The largest absolute Gasteiger partial charge is 0.497 e. The quantitative estimate of drug-likeness (QED) is 0.161. The lowest BCUT2D eigenvalue weighted by molar-refractivity contribution is -0.111. The van der Waals surface area contributed by atoms with Crippen molar-refractivity contribution in [3.05, 3.63) is 67.1 Å². The van der Waals surface area contributed by atoms with Crippen molar-refractivity contribution in [1.82, 2.24) is 19.4 Å². The van der Waals surface area contributed by atoms with Crippen molar-refractivity contribution in [2.75, 3.05) is 46.8 Å². The van der Waals surface area contributed by atoms with Crippen LogP contribution in [0.2, 0.25) is 0 Å². The summed E-state index contributed by atoms with van der Waals surface area (Å²) in [6.45, 7) is 2.00. The molecule has 3 aromatic heterocycles. The summed E-state index contributed by atoms with van der Waals surface area (Å²) in [4.78, 5) is 33.3. The minimum atomic E-state index is -4.24. The van der Waals surface area contributed by atoms with Crippen LogP contribution < -0.4 is 14.8 Å². The molecule has 0 bridgehead atoms. The molecule has 4 rings (SSSR count). The van der Waals surface area contributed by atoms with E-state index in [1.165, 1.54) is 13.2 Å². The predicted octanol–water partition coefficient (Wildman–Crippen LogP) is 4.95. The van der Waals surface area contributed by atoms with E-state index in [0.717, 1.165) is 27.6 Å². The molecule has 1 unspecified atom stereocenters. The van der Waals surface area contributed by atoms with Gasteiger partial charge in [0, 0.05) is 65.5 Å². The highest BCUT2D eigenvalue weighted by Crippen LogP contribution is 2.44. The first-order chi connectivity index (χ1) is 20.1. The van der Waals surface area contributed by atoms with E-state index < -0.39 is 7.82 Å². The number of fused-ring (bicyclic) bond motifs is 1. The van der Waals surface area contributed by atoms with Crippen LogP contribution in [-0.2, 0) is 25.1 Å². The third kappa shape index (κ3) is 7.81. The predicted molar refractivity (Wildman–Crippen MR) is 160 cm³/mol. The van der Waals surface area contributed by atoms with E-state index in [4.69, 9.17) is 18.5 Å². The lowest BCUT2D eigenvalue weighted by Gasteiger charge is -2.12. The normalized spacial score (nSPS) is 13.0. The summed E-state index contributed by atoms with van der Waals surface area (Å²) in [6.07, 6.45) is 8.35. The van der Waals surface area contributed by atoms with Gasteiger partial charge < -0.3 is 29.2 Å². The number of phosphoric acid groups is 1. The fourth-order valence-corrected chi connectivity index (χ4v) is 4.86. The highest BCUT2D eigenvalue weighted by molar-refractivity contribution is 7.47. The maximum absolute atomic E-state index is 12.5. The molecule has 222 valence electrons. The summed E-state index contributed by atoms with van der Waals surface area (Å²) in [7, 11) is 2.69. The molecule has 0 radical (unpaired) electrons. The lowest BCUT2D eigenvalue weighted by Crippen LogP contribution is -2.13. The van der Waals surface area contributed by atoms with Gasteiger partial charge >= 0.3 is 7.82 Å². The first-order valence-corrected chi connectivity index (χ1v) is 14.5. The SMILES string of the molecule is CCOP(=O)(O)OCn1cc(-c2ccnc(OC)c2)c2cc(-c3cc(NC(=O)C=CCN(C)C)cc(OC)c3)cnc21. The van der Waals surface area contributed by atoms with Crippen LogP contribution in [0.4, 0.5) is 5.69 Å². The van der Waals surface area contributed by atoms with Gasteiger partial charge in [0.15, 0.2) is 0 Å². The van der Waals surface area contributed by atoms with Crippen LogP contribution >= 0.6 is 7.82 Å². The lowest BCUT2D eigenvalue weighted by atomic mass is 10.0. The van der Waals surface area contributed by atoms with E-state index in [2.05, 4.69) is 15.3 Å². The van der Waals surface area contributed by atoms with E-state index in [1.54, 1.807) is 55.4 Å². The molecule has 0 aliphatic heterocycles. The van der Waals surface area contributed by atoms with Crippen molar-refractivity contribution >= 4 is 30.5 Å². The molecule has 12 nitrogen and oxygen atoms in total. The number of rotatable bonds is 13. The Morgan fingerprint density at radius 3 is 2.60 bits per heavy atom. The first-order valence-electron chi connectivity index (χ1n) is 13.0. The van der Waals surface area contributed by atoms with Gasteiger partial charge in [-0.2, -0.15) is 0 Å². The number of ether oxygens (including phenoxy) is 2. The molecule has 2 N–H and O–H groups in total. The second-order valence-corrected chi connectivity index (χ2v) is 10.9. The van der Waals surface area contributed by atoms with Crippen LogP contribution in [0.25, 0.3) is 33.3 Å². The molecule has 0 saturated carbocycles. The highest BCUT2D eigenvalue weighted by atomic mass is 31.2. The number of phosphoric ester groups is 1. The van der Waals surface area contributed by atoms with Gasteiger partial charge in [0.25, 0.3) is 0 Å². The Morgan fingerprint density at radius 2 is 1.88 bits per heavy atom. The Morgan fingerprint density at radius 1 is 1.07 bits per heavy atom. The number of anilines is 1. The number of carbonyl (C=O) groups excluding carboxylic acids is 1. The van der Waals surface area contributed by atoms with Crippen LogP contribution in [0, 0.1) is 0 Å². The van der Waals surface area contributed by atoms with E-state index in [9.17, 15) is 14.3 Å². The molecular weight excluding hydrogens is 561 g/mol. The van der Waals surface area contributed by atoms with Gasteiger partial charge in [-0.3, -0.25) is 13.8 Å². The fourth-order valence-electron chi connectivity index (χ4n) is 4.19. The molecule has 1 amide bonds. The third-order valence-electron chi connectivity index (χ3n) is 6.10. The summed E-state index contributed by atoms with van der Waals surface area (Å²) < 4.78 is 34.7. The van der Waals surface area contributed by atoms with Crippen LogP contribution in [0.15, 0.2) is 67.1 Å². The molecule has 4 aromatic rings. The minimum Gasteiger partial charge on any atom is -0.497 e. The average molecular weight is 596 g/mol. The van der Waals surface area contributed by atoms with Crippen molar-refractivity contribution < 1.29 is 32.8 Å². The maximum Gasteiger partial charge on any atom is 0.473 e. The van der Waals surface area contributed by atoms with Crippen molar-refractivity contribution in [3.8, 4) is 33.9 Å². The van der Waals surface area contributed by atoms with Crippen molar-refractivity contribution in [1.29, 1.82) is 0 Å². The van der Waals surface area contributed by atoms with Gasteiger partial charge in [-0.05, 0) is 56.4 Å². The summed E-state index contributed by atoms with van der Waals surface area (Å²) in [5.74, 6) is 0.724. The van der Waals surface area contributed by atoms with Gasteiger partial charge in [-0.25, -0.2) is 14.5 Å². The minimum absolute atomic E-state index is 0.0270. The number of likely N-dealkylation sites (N-methyl/N-ethyl adjacent to an activating group) is 1. The molecule has 1 aromatic carbocycles. The maximum atomic E-state index is 12.5. The van der Waals surface area contributed by atoms with E-state index in [-0.39, 0.29) is 19.2 Å². The number of hydrogen-bond acceptors (Lipinski definition) is 9. The topological polar surface area (TPSA) is 137 Å². The first kappa shape index (κ1) is 30.9. The Kier molecular flexibility index (Phi) is 10.1. The van der Waals surface area contributed by atoms with Crippen LogP contribution in [0.5, 0.6) is 11.6 Å². The highest BCUT2D eigenvalue weighted by Gasteiger charge is 2.22. The Balaban J connectivity index is 1.76. The Hall–Kier alpha value is -4.06. The number of aromatic nitrogens is 3. The van der Waals surface area contributed by atoms with Gasteiger partial charge in [0.2, 0.25) is 11.8 Å². The van der Waals surface area contributed by atoms with Crippen LogP contribution in [-0.4, -0.2) is 71.7 Å². The van der Waals surface area contributed by atoms with E-state index in [0.29, 0.717) is 29.5 Å². The standard InChI is InChI=1S/C29H34N5O7P/c1-6-40-42(36,37)41-19-34-18-26(20-9-10-30-28(15-20)39-5)25-14-22(17-31-29(25)34)21-12-23(16-24(13-21)38-4)32-27(35)8-7-11-33(2)3/h7-10,12-18H,6,11,19H2,1-5H3,(H,32,35)(H,36,37). The zero-order valence-electron chi connectivity index (χ0n) is 24.1. The van der Waals surface area contributed by atoms with Crippen LogP contribution in [0.3, 0.4) is 0 Å². The number of pyridine rings is 2. The molecular formula is C29H34N5O7P. The smallest absolute Gasteiger partial charge is 0.473 e. The summed E-state index contributed by atoms with van der Waals surface area (Å²) in [5.41, 5.74) is 4.16. The van der Waals surface area contributed by atoms with Crippen molar-refractivity contribution in [2.45, 2.75) is 13.7 Å². The zero-order chi connectivity index (χ0) is 30.3. The van der Waals surface area contributed by atoms with Gasteiger partial charge in [0.05, 0.1) is 20.8 Å².